The number of imidazole rings is 1. The molecule has 7 heteroatoms. The Kier molecular flexibility index (Phi) is 6.02. The van der Waals surface area contributed by atoms with E-state index in [1.165, 1.54) is 5.56 Å². The predicted octanol–water partition coefficient (Wildman–Crippen LogP) is 3.66. The number of rotatable bonds is 8. The Labute approximate surface area is 180 Å². The normalized spacial score (nSPS) is 11.2. The topological polar surface area (TPSA) is 73.8 Å². The van der Waals surface area contributed by atoms with Crippen LogP contribution in [0.3, 0.4) is 0 Å². The van der Waals surface area contributed by atoms with Gasteiger partial charge in [0, 0.05) is 25.6 Å². The van der Waals surface area contributed by atoms with E-state index in [1.807, 2.05) is 31.2 Å². The van der Waals surface area contributed by atoms with Gasteiger partial charge in [0.05, 0.1) is 23.8 Å². The summed E-state index contributed by atoms with van der Waals surface area (Å²) >= 11 is 0. The van der Waals surface area contributed by atoms with Gasteiger partial charge in [0.25, 0.3) is 0 Å². The maximum atomic E-state index is 12.7. The summed E-state index contributed by atoms with van der Waals surface area (Å²) in [5.74, 6) is 0.496. The summed E-state index contributed by atoms with van der Waals surface area (Å²) in [7, 11) is 0. The third-order valence-electron chi connectivity index (χ3n) is 5.55. The molecule has 0 radical (unpaired) electrons. The zero-order valence-corrected chi connectivity index (χ0v) is 17.9. The number of carbonyl (C=O) groups excluding carboxylic acids is 1. The van der Waals surface area contributed by atoms with Crippen LogP contribution in [0, 0.1) is 0 Å². The number of fused-ring (bicyclic) bond motifs is 1. The summed E-state index contributed by atoms with van der Waals surface area (Å²) < 4.78 is 5.17. The summed E-state index contributed by atoms with van der Waals surface area (Å²) in [6.45, 7) is 5.57. The molecule has 2 heterocycles. The van der Waals surface area contributed by atoms with E-state index in [9.17, 15) is 9.59 Å². The summed E-state index contributed by atoms with van der Waals surface area (Å²) in [6.07, 6.45) is 2.88. The quantitative estimate of drug-likeness (QED) is 0.475. The van der Waals surface area contributed by atoms with Crippen molar-refractivity contribution in [2.24, 2.45) is 0 Å². The van der Waals surface area contributed by atoms with E-state index in [1.54, 1.807) is 26.1 Å². The van der Waals surface area contributed by atoms with Crippen molar-refractivity contribution in [1.29, 1.82) is 0 Å². The van der Waals surface area contributed by atoms with Crippen molar-refractivity contribution in [2.45, 2.75) is 46.3 Å². The number of hydrogen-bond donors (Lipinski definition) is 1. The molecule has 4 aromatic rings. The van der Waals surface area contributed by atoms with Gasteiger partial charge >= 0.3 is 5.69 Å². The minimum atomic E-state index is -0.150. The molecule has 31 heavy (non-hydrogen) atoms. The molecule has 0 fully saturated rings. The average molecular weight is 418 g/mol. The third kappa shape index (κ3) is 4.30. The number of anilines is 1. The van der Waals surface area contributed by atoms with Crippen LogP contribution in [0.4, 0.5) is 5.82 Å². The lowest BCUT2D eigenvalue weighted by Crippen LogP contribution is -2.26. The highest BCUT2D eigenvalue weighted by atomic mass is 16.2. The molecule has 0 spiro atoms. The Hall–Kier alpha value is -3.61. The molecule has 0 bridgehead atoms. The molecule has 1 N–H and O–H groups in total. The summed E-state index contributed by atoms with van der Waals surface area (Å²) in [5.41, 5.74) is 4.06. The zero-order chi connectivity index (χ0) is 21.8. The van der Waals surface area contributed by atoms with Crippen molar-refractivity contribution in [3.8, 4) is 0 Å². The second-order valence-corrected chi connectivity index (χ2v) is 7.51. The highest BCUT2D eigenvalue weighted by Gasteiger charge is 2.14. The zero-order valence-electron chi connectivity index (χ0n) is 17.9. The molecule has 0 saturated heterocycles. The fourth-order valence-electron chi connectivity index (χ4n) is 3.83. The number of aryl methyl sites for hydroxylation is 3. The van der Waals surface area contributed by atoms with Crippen molar-refractivity contribution in [3.63, 3.8) is 0 Å². The van der Waals surface area contributed by atoms with Crippen LogP contribution in [0.1, 0.15) is 31.4 Å². The molecule has 0 aliphatic rings. The van der Waals surface area contributed by atoms with Crippen LogP contribution in [0.25, 0.3) is 11.0 Å². The van der Waals surface area contributed by atoms with Crippen molar-refractivity contribution in [2.75, 3.05) is 5.32 Å². The highest BCUT2D eigenvalue weighted by Crippen LogP contribution is 2.15. The maximum Gasteiger partial charge on any atom is 0.329 e. The molecular weight excluding hydrogens is 390 g/mol. The van der Waals surface area contributed by atoms with Crippen molar-refractivity contribution in [1.82, 2.24) is 18.9 Å². The van der Waals surface area contributed by atoms with Gasteiger partial charge in [-0.1, -0.05) is 43.3 Å². The van der Waals surface area contributed by atoms with Crippen LogP contribution in [-0.2, 0) is 30.8 Å². The Morgan fingerprint density at radius 1 is 0.935 bits per heavy atom. The monoisotopic (exact) mass is 417 g/mol. The number of hydrogen-bond acceptors (Lipinski definition) is 3. The summed E-state index contributed by atoms with van der Waals surface area (Å²) in [4.78, 5) is 25.4. The van der Waals surface area contributed by atoms with Gasteiger partial charge in [0.1, 0.15) is 5.82 Å². The first-order valence-electron chi connectivity index (χ1n) is 10.7. The van der Waals surface area contributed by atoms with E-state index in [0.29, 0.717) is 25.5 Å². The maximum absolute atomic E-state index is 12.7. The number of nitrogens with zero attached hydrogens (tertiary/aromatic N) is 4. The fraction of sp³-hybridized carbons (Fsp3) is 0.292. The van der Waals surface area contributed by atoms with Gasteiger partial charge in [-0.3, -0.25) is 13.9 Å². The van der Waals surface area contributed by atoms with Gasteiger partial charge < -0.3 is 5.32 Å². The predicted molar refractivity (Wildman–Crippen MR) is 122 cm³/mol. The van der Waals surface area contributed by atoms with Crippen LogP contribution in [0.15, 0.2) is 65.6 Å². The smallest absolute Gasteiger partial charge is 0.311 e. The lowest BCUT2D eigenvalue weighted by Gasteiger charge is -2.10. The second-order valence-electron chi connectivity index (χ2n) is 7.51. The SMILES string of the molecule is CCc1ccc(Cn2nccc2NC(=O)CCn2c(=O)n(CC)c3ccccc32)cc1. The van der Waals surface area contributed by atoms with Crippen LogP contribution >= 0.6 is 0 Å². The number of benzene rings is 2. The number of nitrogens with one attached hydrogen (secondary N) is 1. The molecule has 0 aliphatic carbocycles. The molecule has 0 saturated carbocycles. The highest BCUT2D eigenvalue weighted by molar-refractivity contribution is 5.90. The Morgan fingerprint density at radius 3 is 2.29 bits per heavy atom. The molecule has 2 aromatic carbocycles. The number of amides is 1. The Balaban J connectivity index is 1.44. The van der Waals surface area contributed by atoms with E-state index < -0.39 is 0 Å². The Morgan fingerprint density at radius 2 is 1.61 bits per heavy atom. The van der Waals surface area contributed by atoms with Gasteiger partial charge in [0.2, 0.25) is 5.91 Å². The average Bonchev–Trinajstić information content (AvgIpc) is 3.33. The lowest BCUT2D eigenvalue weighted by atomic mass is 10.1. The largest absolute Gasteiger partial charge is 0.329 e. The lowest BCUT2D eigenvalue weighted by molar-refractivity contribution is -0.116. The molecule has 4 rings (SSSR count). The van der Waals surface area contributed by atoms with E-state index in [2.05, 4.69) is 41.6 Å². The van der Waals surface area contributed by atoms with E-state index in [-0.39, 0.29) is 18.0 Å². The summed E-state index contributed by atoms with van der Waals surface area (Å²) in [6, 6.07) is 17.9. The molecule has 160 valence electrons. The van der Waals surface area contributed by atoms with E-state index >= 15 is 0 Å². The van der Waals surface area contributed by atoms with Gasteiger partial charge in [-0.2, -0.15) is 5.10 Å². The molecule has 1 amide bonds. The van der Waals surface area contributed by atoms with Crippen LogP contribution in [0.5, 0.6) is 0 Å². The first kappa shape index (κ1) is 20.7. The van der Waals surface area contributed by atoms with E-state index in [0.717, 1.165) is 23.0 Å². The summed E-state index contributed by atoms with van der Waals surface area (Å²) in [5, 5.41) is 7.27. The number of carbonyl (C=O) groups is 1. The van der Waals surface area contributed by atoms with Gasteiger partial charge in [-0.25, -0.2) is 9.48 Å². The molecule has 0 atom stereocenters. The minimum absolute atomic E-state index is 0.0860. The standard InChI is InChI=1S/C24H27N5O2/c1-3-18-9-11-19(12-10-18)17-29-22(13-15-25-29)26-23(30)14-16-28-21-8-6-5-7-20(21)27(4-2)24(28)31/h5-13,15H,3-4,14,16-17H2,1-2H3,(H,26,30). The van der Waals surface area contributed by atoms with Crippen molar-refractivity contribution < 1.29 is 4.79 Å². The van der Waals surface area contributed by atoms with Crippen molar-refractivity contribution >= 4 is 22.8 Å². The molecular formula is C24H27N5O2. The fourth-order valence-corrected chi connectivity index (χ4v) is 3.83. The third-order valence-corrected chi connectivity index (χ3v) is 5.55. The first-order chi connectivity index (χ1) is 15.1. The molecule has 7 nitrogen and oxygen atoms in total. The molecule has 0 unspecified atom stereocenters. The van der Waals surface area contributed by atoms with Crippen LogP contribution < -0.4 is 11.0 Å². The number of aromatic nitrogens is 4. The minimum Gasteiger partial charge on any atom is -0.311 e. The Bertz CT molecular complexity index is 1250. The number of para-hydroxylation sites is 2. The van der Waals surface area contributed by atoms with Gasteiger partial charge in [-0.15, -0.1) is 0 Å². The van der Waals surface area contributed by atoms with E-state index in [4.69, 9.17) is 0 Å². The van der Waals surface area contributed by atoms with Crippen LogP contribution in [0.2, 0.25) is 0 Å². The first-order valence-corrected chi connectivity index (χ1v) is 10.7. The van der Waals surface area contributed by atoms with Gasteiger partial charge in [0.15, 0.2) is 0 Å². The molecule has 2 aromatic heterocycles. The molecule has 0 aliphatic heterocycles. The second kappa shape index (κ2) is 9.04. The van der Waals surface area contributed by atoms with Gasteiger partial charge in [-0.05, 0) is 36.6 Å². The van der Waals surface area contributed by atoms with Crippen LogP contribution in [-0.4, -0.2) is 24.8 Å². The van der Waals surface area contributed by atoms with Crippen molar-refractivity contribution in [3.05, 3.63) is 82.4 Å².